The first-order valence-corrected chi connectivity index (χ1v) is 12.9. The van der Waals surface area contributed by atoms with Gasteiger partial charge in [-0.05, 0) is 61.9 Å². The molecule has 37 heavy (non-hydrogen) atoms. The Bertz CT molecular complexity index is 1620. The molecule has 1 saturated carbocycles. The maximum Gasteiger partial charge on any atom is 0.227 e. The molecule has 2 aliphatic rings. The highest BCUT2D eigenvalue weighted by molar-refractivity contribution is 6.01. The maximum absolute atomic E-state index is 12.2. The lowest BCUT2D eigenvalue weighted by atomic mass is 10.0. The van der Waals surface area contributed by atoms with Crippen LogP contribution >= 0.6 is 0 Å². The largest absolute Gasteiger partial charge is 0.368 e. The number of aromatic amines is 2. The number of hydrogen-bond acceptors (Lipinski definition) is 5. The number of pyridine rings is 1. The standard InChI is InChI=1S/C29H29N7O/c1-35-9-11-36(12-10-35)27-4-2-3-24-22(27)15-26(32-24)28-23-14-19(7-8-25(23)33-34-28)20-13-21(17-30-16-20)31-29(37)18-5-6-18/h2-4,7-8,13-18,32H,5-6,9-12H2,1H3,(H,31,37)(H,33,34). The first-order chi connectivity index (χ1) is 18.1. The van der Waals surface area contributed by atoms with Gasteiger partial charge in [-0.3, -0.25) is 14.9 Å². The van der Waals surface area contributed by atoms with Crippen molar-refractivity contribution in [3.63, 3.8) is 0 Å². The molecule has 0 atom stereocenters. The number of aromatic nitrogens is 4. The number of nitrogens with zero attached hydrogens (tertiary/aromatic N) is 4. The molecule has 1 amide bonds. The molecule has 1 aliphatic heterocycles. The third-order valence-electron chi connectivity index (χ3n) is 7.59. The Kier molecular flexibility index (Phi) is 5.21. The predicted octanol–water partition coefficient (Wildman–Crippen LogP) is 4.87. The summed E-state index contributed by atoms with van der Waals surface area (Å²) in [6.45, 7) is 4.19. The van der Waals surface area contributed by atoms with Crippen LogP contribution in [0.1, 0.15) is 12.8 Å². The molecule has 0 bridgehead atoms. The number of H-pyrrole nitrogens is 2. The Balaban J connectivity index is 1.24. The van der Waals surface area contributed by atoms with Gasteiger partial charge in [-0.25, -0.2) is 0 Å². The number of benzene rings is 2. The van der Waals surface area contributed by atoms with Gasteiger partial charge in [-0.15, -0.1) is 0 Å². The molecule has 2 fully saturated rings. The summed E-state index contributed by atoms with van der Waals surface area (Å²) in [5, 5.41) is 13.1. The van der Waals surface area contributed by atoms with Crippen LogP contribution < -0.4 is 10.2 Å². The van der Waals surface area contributed by atoms with Gasteiger partial charge in [0.15, 0.2) is 0 Å². The number of carbonyl (C=O) groups is 1. The van der Waals surface area contributed by atoms with Gasteiger partial charge in [-0.2, -0.15) is 5.10 Å². The van der Waals surface area contributed by atoms with E-state index >= 15 is 0 Å². The lowest BCUT2D eigenvalue weighted by Gasteiger charge is -2.34. The van der Waals surface area contributed by atoms with E-state index in [1.165, 1.54) is 11.1 Å². The number of amides is 1. The van der Waals surface area contributed by atoms with E-state index in [1.54, 1.807) is 6.20 Å². The summed E-state index contributed by atoms with van der Waals surface area (Å²) < 4.78 is 0. The van der Waals surface area contributed by atoms with Crippen LogP contribution in [-0.4, -0.2) is 64.2 Å². The molecule has 0 unspecified atom stereocenters. The number of rotatable bonds is 5. The molecule has 3 aromatic heterocycles. The number of piperazine rings is 1. The van der Waals surface area contributed by atoms with Gasteiger partial charge >= 0.3 is 0 Å². The summed E-state index contributed by atoms with van der Waals surface area (Å²) in [5.74, 6) is 0.239. The van der Waals surface area contributed by atoms with Gasteiger partial charge in [0.1, 0.15) is 5.69 Å². The normalized spacial score (nSPS) is 16.5. The minimum atomic E-state index is 0.0845. The Morgan fingerprint density at radius 1 is 0.946 bits per heavy atom. The van der Waals surface area contributed by atoms with Crippen molar-refractivity contribution in [3.05, 3.63) is 60.9 Å². The van der Waals surface area contributed by atoms with Crippen LogP contribution in [0, 0.1) is 5.92 Å². The average molecular weight is 492 g/mol. The quantitative estimate of drug-likeness (QED) is 0.326. The zero-order chi connectivity index (χ0) is 24.9. The van der Waals surface area contributed by atoms with Crippen molar-refractivity contribution < 1.29 is 4.79 Å². The molecular weight excluding hydrogens is 462 g/mol. The Morgan fingerprint density at radius 2 is 1.81 bits per heavy atom. The zero-order valence-corrected chi connectivity index (χ0v) is 20.8. The molecule has 8 heteroatoms. The molecule has 3 N–H and O–H groups in total. The van der Waals surface area contributed by atoms with E-state index in [4.69, 9.17) is 0 Å². The summed E-state index contributed by atoms with van der Waals surface area (Å²) in [6, 6.07) is 16.9. The second-order valence-corrected chi connectivity index (χ2v) is 10.3. The first-order valence-electron chi connectivity index (χ1n) is 12.9. The van der Waals surface area contributed by atoms with Gasteiger partial charge in [0.05, 0.1) is 23.1 Å². The zero-order valence-electron chi connectivity index (χ0n) is 20.8. The third kappa shape index (κ3) is 4.13. The topological polar surface area (TPSA) is 92.9 Å². The first kappa shape index (κ1) is 22.1. The summed E-state index contributed by atoms with van der Waals surface area (Å²) >= 11 is 0. The molecule has 8 nitrogen and oxygen atoms in total. The monoisotopic (exact) mass is 491 g/mol. The lowest BCUT2D eigenvalue weighted by Crippen LogP contribution is -2.44. The molecule has 0 spiro atoms. The van der Waals surface area contributed by atoms with E-state index in [-0.39, 0.29) is 11.8 Å². The SMILES string of the molecule is CN1CCN(c2cccc3[nH]c(-c4n[nH]c5ccc(-c6cncc(NC(=O)C7CC7)c6)cc45)cc23)CC1. The van der Waals surface area contributed by atoms with Crippen LogP contribution in [0.4, 0.5) is 11.4 Å². The highest BCUT2D eigenvalue weighted by Gasteiger charge is 2.29. The van der Waals surface area contributed by atoms with Gasteiger partial charge in [0, 0.05) is 65.8 Å². The number of nitrogens with one attached hydrogen (secondary N) is 3. The minimum Gasteiger partial charge on any atom is -0.368 e. The van der Waals surface area contributed by atoms with Crippen molar-refractivity contribution in [2.45, 2.75) is 12.8 Å². The summed E-state index contributed by atoms with van der Waals surface area (Å²) in [7, 11) is 2.18. The second-order valence-electron chi connectivity index (χ2n) is 10.3. The van der Waals surface area contributed by atoms with Crippen LogP contribution in [-0.2, 0) is 4.79 Å². The molecule has 1 saturated heterocycles. The highest BCUT2D eigenvalue weighted by Crippen LogP contribution is 2.35. The Labute approximate surface area is 214 Å². The number of likely N-dealkylation sites (N-methyl/N-ethyl adjacent to an activating group) is 1. The summed E-state index contributed by atoms with van der Waals surface area (Å²) in [4.78, 5) is 25.0. The lowest BCUT2D eigenvalue weighted by molar-refractivity contribution is -0.117. The fourth-order valence-electron chi connectivity index (χ4n) is 5.24. The van der Waals surface area contributed by atoms with Crippen molar-refractivity contribution in [2.24, 2.45) is 5.92 Å². The fraction of sp³-hybridized carbons (Fsp3) is 0.276. The van der Waals surface area contributed by atoms with Crippen molar-refractivity contribution in [2.75, 3.05) is 43.4 Å². The number of carbonyl (C=O) groups excluding carboxylic acids is 1. The molecule has 7 rings (SSSR count). The predicted molar refractivity (Wildman–Crippen MR) is 148 cm³/mol. The number of fused-ring (bicyclic) bond motifs is 2. The van der Waals surface area contributed by atoms with E-state index in [9.17, 15) is 4.79 Å². The van der Waals surface area contributed by atoms with Crippen molar-refractivity contribution in [1.29, 1.82) is 0 Å². The van der Waals surface area contributed by atoms with Gasteiger partial charge in [0.25, 0.3) is 0 Å². The molecule has 5 aromatic rings. The van der Waals surface area contributed by atoms with Crippen LogP contribution in [0.15, 0.2) is 60.9 Å². The van der Waals surface area contributed by atoms with Crippen LogP contribution in [0.25, 0.3) is 44.3 Å². The van der Waals surface area contributed by atoms with Crippen LogP contribution in [0.2, 0.25) is 0 Å². The molecule has 0 radical (unpaired) electrons. The third-order valence-corrected chi connectivity index (χ3v) is 7.59. The molecular formula is C29H29N7O. The smallest absolute Gasteiger partial charge is 0.227 e. The number of hydrogen-bond donors (Lipinski definition) is 3. The summed E-state index contributed by atoms with van der Waals surface area (Å²) in [5.41, 5.74) is 7.95. The maximum atomic E-state index is 12.2. The molecule has 186 valence electrons. The Hall–Kier alpha value is -4.17. The van der Waals surface area contributed by atoms with Crippen molar-refractivity contribution in [1.82, 2.24) is 25.1 Å². The van der Waals surface area contributed by atoms with Gasteiger partial charge < -0.3 is 20.1 Å². The minimum absolute atomic E-state index is 0.0845. The van der Waals surface area contributed by atoms with Crippen molar-refractivity contribution in [3.8, 4) is 22.5 Å². The molecule has 1 aliphatic carbocycles. The molecule has 4 heterocycles. The Morgan fingerprint density at radius 3 is 2.65 bits per heavy atom. The second kappa shape index (κ2) is 8.74. The fourth-order valence-corrected chi connectivity index (χ4v) is 5.24. The van der Waals surface area contributed by atoms with Gasteiger partial charge in [-0.1, -0.05) is 12.1 Å². The molecule has 2 aromatic carbocycles. The van der Waals surface area contributed by atoms with E-state index in [2.05, 4.69) is 84.8 Å². The average Bonchev–Trinajstić information content (AvgIpc) is 3.55. The number of anilines is 2. The van der Waals surface area contributed by atoms with E-state index < -0.39 is 0 Å². The highest BCUT2D eigenvalue weighted by atomic mass is 16.2. The van der Waals surface area contributed by atoms with Crippen molar-refractivity contribution >= 4 is 39.1 Å². The van der Waals surface area contributed by atoms with Crippen LogP contribution in [0.5, 0.6) is 0 Å². The van der Waals surface area contributed by atoms with E-state index in [0.717, 1.165) is 83.6 Å². The van der Waals surface area contributed by atoms with E-state index in [1.807, 2.05) is 12.3 Å². The van der Waals surface area contributed by atoms with Gasteiger partial charge in [0.2, 0.25) is 5.91 Å². The summed E-state index contributed by atoms with van der Waals surface area (Å²) in [6.07, 6.45) is 5.49. The van der Waals surface area contributed by atoms with E-state index in [0.29, 0.717) is 0 Å². The van der Waals surface area contributed by atoms with Crippen LogP contribution in [0.3, 0.4) is 0 Å².